The van der Waals surface area contributed by atoms with Gasteiger partial charge < -0.3 is 9.47 Å². The molecule has 0 radical (unpaired) electrons. The Morgan fingerprint density at radius 2 is 2.09 bits per heavy atom. The van der Waals surface area contributed by atoms with E-state index >= 15 is 0 Å². The van der Waals surface area contributed by atoms with E-state index in [1.807, 2.05) is 0 Å². The lowest BCUT2D eigenvalue weighted by Gasteiger charge is -2.32. The number of ether oxygens (including phenoxy) is 2. The second-order valence-electron chi connectivity index (χ2n) is 3.61. The van der Waals surface area contributed by atoms with Gasteiger partial charge in [0, 0.05) is 5.92 Å². The SMILES string of the molecule is CC(C)C1=NC2(COC2)CO1. The van der Waals surface area contributed by atoms with Gasteiger partial charge in [-0.2, -0.15) is 0 Å². The molecule has 2 aliphatic heterocycles. The maximum atomic E-state index is 5.44. The normalized spacial score (nSPS) is 26.6. The van der Waals surface area contributed by atoms with Crippen molar-refractivity contribution in [1.29, 1.82) is 0 Å². The van der Waals surface area contributed by atoms with Crippen molar-refractivity contribution in [2.75, 3.05) is 19.8 Å². The molecule has 11 heavy (non-hydrogen) atoms. The van der Waals surface area contributed by atoms with Gasteiger partial charge in [-0.1, -0.05) is 13.8 Å². The molecule has 0 aromatic rings. The van der Waals surface area contributed by atoms with Crippen molar-refractivity contribution in [3.05, 3.63) is 0 Å². The summed E-state index contributed by atoms with van der Waals surface area (Å²) >= 11 is 0. The van der Waals surface area contributed by atoms with Crippen molar-refractivity contribution in [1.82, 2.24) is 0 Å². The summed E-state index contributed by atoms with van der Waals surface area (Å²) in [6.07, 6.45) is 0. The first-order valence-corrected chi connectivity index (χ1v) is 4.02. The topological polar surface area (TPSA) is 30.8 Å². The molecule has 0 saturated carbocycles. The first-order chi connectivity index (χ1) is 5.22. The van der Waals surface area contributed by atoms with E-state index in [1.54, 1.807) is 0 Å². The second kappa shape index (κ2) is 2.21. The Kier molecular flexibility index (Phi) is 1.42. The predicted molar refractivity (Wildman–Crippen MR) is 41.8 cm³/mol. The van der Waals surface area contributed by atoms with Crippen LogP contribution in [-0.4, -0.2) is 31.3 Å². The number of nitrogens with zero attached hydrogens (tertiary/aromatic N) is 1. The predicted octanol–water partition coefficient (Wildman–Crippen LogP) is 0.840. The Morgan fingerprint density at radius 3 is 2.36 bits per heavy atom. The maximum absolute atomic E-state index is 5.44. The van der Waals surface area contributed by atoms with Gasteiger partial charge in [0.15, 0.2) is 5.90 Å². The van der Waals surface area contributed by atoms with E-state index in [0.717, 1.165) is 25.7 Å². The van der Waals surface area contributed by atoms with Crippen LogP contribution in [0.1, 0.15) is 13.8 Å². The smallest absolute Gasteiger partial charge is 0.186 e. The van der Waals surface area contributed by atoms with Gasteiger partial charge in [0.25, 0.3) is 0 Å². The summed E-state index contributed by atoms with van der Waals surface area (Å²) in [6.45, 7) is 6.39. The van der Waals surface area contributed by atoms with Crippen LogP contribution < -0.4 is 0 Å². The molecule has 1 saturated heterocycles. The molecule has 62 valence electrons. The molecule has 3 heteroatoms. The highest BCUT2D eigenvalue weighted by Crippen LogP contribution is 2.28. The molecule has 0 aromatic heterocycles. The standard InChI is InChI=1S/C8H13NO2/c1-6(2)7-9-8(5-11-7)3-10-4-8/h6H,3-5H2,1-2H3. The highest BCUT2D eigenvalue weighted by molar-refractivity contribution is 5.80. The second-order valence-corrected chi connectivity index (χ2v) is 3.61. The van der Waals surface area contributed by atoms with Crippen LogP contribution in [-0.2, 0) is 9.47 Å². The molecule has 2 aliphatic rings. The van der Waals surface area contributed by atoms with Crippen LogP contribution in [0.15, 0.2) is 4.99 Å². The third-order valence-corrected chi connectivity index (χ3v) is 2.07. The third-order valence-electron chi connectivity index (χ3n) is 2.07. The van der Waals surface area contributed by atoms with Gasteiger partial charge in [-0.05, 0) is 0 Å². The highest BCUT2D eigenvalue weighted by Gasteiger charge is 2.44. The van der Waals surface area contributed by atoms with Crippen molar-refractivity contribution >= 4 is 5.90 Å². The van der Waals surface area contributed by atoms with Crippen LogP contribution >= 0.6 is 0 Å². The zero-order valence-corrected chi connectivity index (χ0v) is 6.96. The minimum Gasteiger partial charge on any atom is -0.478 e. The molecule has 3 nitrogen and oxygen atoms in total. The van der Waals surface area contributed by atoms with Crippen LogP contribution in [0.5, 0.6) is 0 Å². The zero-order valence-electron chi connectivity index (χ0n) is 6.96. The van der Waals surface area contributed by atoms with Gasteiger partial charge in [-0.15, -0.1) is 0 Å². The summed E-state index contributed by atoms with van der Waals surface area (Å²) in [5.41, 5.74) is 0.0135. The summed E-state index contributed by atoms with van der Waals surface area (Å²) in [5, 5.41) is 0. The van der Waals surface area contributed by atoms with E-state index < -0.39 is 0 Å². The minimum absolute atomic E-state index is 0.0135. The zero-order chi connectivity index (χ0) is 7.90. The lowest BCUT2D eigenvalue weighted by Crippen LogP contribution is -2.49. The summed E-state index contributed by atoms with van der Waals surface area (Å²) < 4.78 is 10.5. The molecular weight excluding hydrogens is 142 g/mol. The van der Waals surface area contributed by atoms with Crippen molar-refractivity contribution in [3.8, 4) is 0 Å². The van der Waals surface area contributed by atoms with Crippen LogP contribution in [0.25, 0.3) is 0 Å². The van der Waals surface area contributed by atoms with E-state index in [1.165, 1.54) is 0 Å². The highest BCUT2D eigenvalue weighted by atomic mass is 16.5. The van der Waals surface area contributed by atoms with Gasteiger partial charge in [-0.3, -0.25) is 0 Å². The number of aliphatic imine (C=N–C) groups is 1. The van der Waals surface area contributed by atoms with Crippen molar-refractivity contribution in [2.45, 2.75) is 19.4 Å². The molecule has 0 aliphatic carbocycles. The summed E-state index contributed by atoms with van der Waals surface area (Å²) in [7, 11) is 0. The van der Waals surface area contributed by atoms with Crippen LogP contribution in [0.3, 0.4) is 0 Å². The van der Waals surface area contributed by atoms with E-state index in [-0.39, 0.29) is 5.54 Å². The Hall–Kier alpha value is -0.570. The van der Waals surface area contributed by atoms with E-state index in [4.69, 9.17) is 9.47 Å². The molecule has 0 aromatic carbocycles. The average Bonchev–Trinajstić information content (AvgIpc) is 2.28. The fraction of sp³-hybridized carbons (Fsp3) is 0.875. The number of hydrogen-bond donors (Lipinski definition) is 0. The monoisotopic (exact) mass is 155 g/mol. The average molecular weight is 155 g/mol. The third kappa shape index (κ3) is 1.03. The van der Waals surface area contributed by atoms with Gasteiger partial charge in [-0.25, -0.2) is 4.99 Å². The Balaban J connectivity index is 2.09. The maximum Gasteiger partial charge on any atom is 0.186 e. The van der Waals surface area contributed by atoms with Crippen molar-refractivity contribution in [3.63, 3.8) is 0 Å². The van der Waals surface area contributed by atoms with Gasteiger partial charge in [0.05, 0.1) is 13.2 Å². The van der Waals surface area contributed by atoms with Crippen LogP contribution in [0.2, 0.25) is 0 Å². The first-order valence-electron chi connectivity index (χ1n) is 4.02. The Bertz CT molecular complexity index is 194. The molecule has 1 spiro atoms. The van der Waals surface area contributed by atoms with Gasteiger partial charge in [0.2, 0.25) is 0 Å². The Labute approximate surface area is 66.4 Å². The molecule has 0 atom stereocenters. The largest absolute Gasteiger partial charge is 0.478 e. The minimum atomic E-state index is 0.0135. The molecule has 0 N–H and O–H groups in total. The molecule has 1 fully saturated rings. The Morgan fingerprint density at radius 1 is 1.36 bits per heavy atom. The quantitative estimate of drug-likeness (QED) is 0.561. The molecule has 2 rings (SSSR count). The van der Waals surface area contributed by atoms with E-state index in [9.17, 15) is 0 Å². The fourth-order valence-electron chi connectivity index (χ4n) is 1.29. The number of rotatable bonds is 1. The summed E-state index contributed by atoms with van der Waals surface area (Å²) in [4.78, 5) is 4.49. The summed E-state index contributed by atoms with van der Waals surface area (Å²) in [6, 6.07) is 0. The first kappa shape index (κ1) is 7.10. The van der Waals surface area contributed by atoms with Crippen molar-refractivity contribution < 1.29 is 9.47 Å². The van der Waals surface area contributed by atoms with Crippen LogP contribution in [0, 0.1) is 5.92 Å². The van der Waals surface area contributed by atoms with E-state index in [2.05, 4.69) is 18.8 Å². The molecular formula is C8H13NO2. The van der Waals surface area contributed by atoms with Crippen molar-refractivity contribution in [2.24, 2.45) is 10.9 Å². The fourth-order valence-corrected chi connectivity index (χ4v) is 1.29. The van der Waals surface area contributed by atoms with Crippen LogP contribution in [0.4, 0.5) is 0 Å². The van der Waals surface area contributed by atoms with Gasteiger partial charge in [0.1, 0.15) is 12.1 Å². The van der Waals surface area contributed by atoms with Gasteiger partial charge >= 0.3 is 0 Å². The number of hydrogen-bond acceptors (Lipinski definition) is 3. The lowest BCUT2D eigenvalue weighted by molar-refractivity contribution is -0.0608. The molecule has 0 amide bonds. The molecule has 2 heterocycles. The van der Waals surface area contributed by atoms with E-state index in [0.29, 0.717) is 5.92 Å². The summed E-state index contributed by atoms with van der Waals surface area (Å²) in [5.74, 6) is 1.31. The molecule has 0 bridgehead atoms. The lowest BCUT2D eigenvalue weighted by atomic mass is 10.0. The molecule has 0 unspecified atom stereocenters.